The van der Waals surface area contributed by atoms with Crippen LogP contribution in [0, 0.1) is 0 Å². The molecular formula is C18H21ClN4O4. The Hall–Kier alpha value is -2.45. The predicted octanol–water partition coefficient (Wildman–Crippen LogP) is 0.309. The average molecular weight is 393 g/mol. The minimum atomic E-state index is -0.925. The maximum Gasteiger partial charge on any atom is 0.262 e. The van der Waals surface area contributed by atoms with Gasteiger partial charge in [-0.3, -0.25) is 29.4 Å². The zero-order valence-electron chi connectivity index (χ0n) is 14.7. The Morgan fingerprint density at radius 2 is 1.74 bits per heavy atom. The molecule has 0 saturated carbocycles. The van der Waals surface area contributed by atoms with Crippen LogP contribution < -0.4 is 15.5 Å². The molecule has 2 fully saturated rings. The van der Waals surface area contributed by atoms with Crippen molar-refractivity contribution in [1.29, 1.82) is 0 Å². The number of nitrogens with one attached hydrogen (secondary N) is 2. The number of carbonyl (C=O) groups excluding carboxylic acids is 4. The highest BCUT2D eigenvalue weighted by atomic mass is 35.5. The van der Waals surface area contributed by atoms with Gasteiger partial charge in [0.05, 0.1) is 11.1 Å². The van der Waals surface area contributed by atoms with Crippen LogP contribution in [0.4, 0.5) is 5.69 Å². The number of hydrogen-bond acceptors (Lipinski definition) is 6. The predicted molar refractivity (Wildman–Crippen MR) is 100 cm³/mol. The first kappa shape index (κ1) is 19.3. The van der Waals surface area contributed by atoms with Crippen molar-refractivity contribution in [3.05, 3.63) is 29.3 Å². The number of nitrogens with zero attached hydrogens (tertiary/aromatic N) is 2. The number of imide groups is 2. The van der Waals surface area contributed by atoms with E-state index in [9.17, 15) is 19.2 Å². The largest absolute Gasteiger partial charge is 0.370 e. The summed E-state index contributed by atoms with van der Waals surface area (Å²) in [4.78, 5) is 52.2. The number of benzene rings is 1. The molecule has 1 unspecified atom stereocenters. The van der Waals surface area contributed by atoms with E-state index in [2.05, 4.69) is 15.5 Å². The smallest absolute Gasteiger partial charge is 0.262 e. The molecule has 0 spiro atoms. The summed E-state index contributed by atoms with van der Waals surface area (Å²) in [6.45, 7) is 3.54. The van der Waals surface area contributed by atoms with Crippen LogP contribution >= 0.6 is 12.4 Å². The van der Waals surface area contributed by atoms with Crippen LogP contribution in [-0.4, -0.2) is 60.7 Å². The van der Waals surface area contributed by atoms with Crippen molar-refractivity contribution in [2.75, 3.05) is 31.1 Å². The van der Waals surface area contributed by atoms with Gasteiger partial charge in [0, 0.05) is 31.7 Å². The number of piperidine rings is 1. The van der Waals surface area contributed by atoms with Crippen LogP contribution in [-0.2, 0) is 9.59 Å². The Kier molecular flexibility index (Phi) is 5.48. The molecule has 0 radical (unpaired) electrons. The molecule has 1 aromatic carbocycles. The highest BCUT2D eigenvalue weighted by Gasteiger charge is 2.44. The first-order valence-electron chi connectivity index (χ1n) is 8.87. The van der Waals surface area contributed by atoms with E-state index in [1.165, 1.54) is 0 Å². The Bertz CT molecular complexity index is 805. The van der Waals surface area contributed by atoms with Gasteiger partial charge < -0.3 is 10.2 Å². The second-order valence-electron chi connectivity index (χ2n) is 6.77. The van der Waals surface area contributed by atoms with Crippen molar-refractivity contribution in [2.45, 2.75) is 25.3 Å². The van der Waals surface area contributed by atoms with Crippen molar-refractivity contribution in [2.24, 2.45) is 0 Å². The van der Waals surface area contributed by atoms with E-state index < -0.39 is 23.8 Å². The van der Waals surface area contributed by atoms with Gasteiger partial charge in [0.2, 0.25) is 11.8 Å². The number of fused-ring (bicyclic) bond motifs is 1. The number of amides is 4. The second-order valence-corrected chi connectivity index (χ2v) is 6.77. The van der Waals surface area contributed by atoms with Crippen LogP contribution in [0.3, 0.4) is 0 Å². The van der Waals surface area contributed by atoms with E-state index in [1.54, 1.807) is 12.1 Å². The molecule has 3 aliphatic rings. The molecule has 0 bridgehead atoms. The van der Waals surface area contributed by atoms with Gasteiger partial charge >= 0.3 is 0 Å². The molecule has 144 valence electrons. The number of anilines is 1. The normalized spacial score (nSPS) is 22.9. The third-order valence-corrected chi connectivity index (χ3v) is 5.13. The standard InChI is InChI=1S/C18H20N4O4.ClH/c23-15-5-4-14(16(24)20-15)22-17(25)12-3-2-11(10-13(12)18(22)26)21-8-1-6-19-7-9-21;/h2-3,10,14,19H,1,4-9H2,(H,20,23,24);1H. The molecule has 1 atom stereocenters. The fourth-order valence-electron chi connectivity index (χ4n) is 3.76. The highest BCUT2D eigenvalue weighted by Crippen LogP contribution is 2.30. The molecule has 0 aromatic heterocycles. The van der Waals surface area contributed by atoms with Gasteiger partial charge in [0.25, 0.3) is 11.8 Å². The molecule has 9 heteroatoms. The number of rotatable bonds is 2. The lowest BCUT2D eigenvalue weighted by Crippen LogP contribution is -2.54. The fourth-order valence-corrected chi connectivity index (χ4v) is 3.76. The van der Waals surface area contributed by atoms with E-state index in [0.29, 0.717) is 11.1 Å². The second kappa shape index (κ2) is 7.66. The Labute approximate surface area is 162 Å². The van der Waals surface area contributed by atoms with Gasteiger partial charge in [0.15, 0.2) is 0 Å². The zero-order chi connectivity index (χ0) is 18.3. The van der Waals surface area contributed by atoms with Gasteiger partial charge in [-0.1, -0.05) is 0 Å². The summed E-state index contributed by atoms with van der Waals surface area (Å²) in [7, 11) is 0. The van der Waals surface area contributed by atoms with Gasteiger partial charge in [-0.15, -0.1) is 12.4 Å². The van der Waals surface area contributed by atoms with E-state index in [1.807, 2.05) is 6.07 Å². The van der Waals surface area contributed by atoms with Gasteiger partial charge in [-0.2, -0.15) is 0 Å². The van der Waals surface area contributed by atoms with E-state index in [4.69, 9.17) is 0 Å². The van der Waals surface area contributed by atoms with Gasteiger partial charge in [-0.05, 0) is 37.6 Å². The minimum Gasteiger partial charge on any atom is -0.370 e. The van der Waals surface area contributed by atoms with E-state index in [0.717, 1.165) is 43.2 Å². The minimum absolute atomic E-state index is 0. The van der Waals surface area contributed by atoms with Crippen molar-refractivity contribution in [1.82, 2.24) is 15.5 Å². The van der Waals surface area contributed by atoms with Gasteiger partial charge in [-0.25, -0.2) is 0 Å². The van der Waals surface area contributed by atoms with Crippen molar-refractivity contribution in [3.63, 3.8) is 0 Å². The Balaban J connectivity index is 0.00000210. The third kappa shape index (κ3) is 3.42. The lowest BCUT2D eigenvalue weighted by atomic mass is 10.0. The number of halogens is 1. The molecule has 2 saturated heterocycles. The van der Waals surface area contributed by atoms with Gasteiger partial charge in [0.1, 0.15) is 6.04 Å². The zero-order valence-corrected chi connectivity index (χ0v) is 15.5. The third-order valence-electron chi connectivity index (χ3n) is 5.13. The summed E-state index contributed by atoms with van der Waals surface area (Å²) < 4.78 is 0. The first-order chi connectivity index (χ1) is 12.6. The SMILES string of the molecule is Cl.O=C1CCC(N2C(=O)c3ccc(N4CCCNCC4)cc3C2=O)C(=O)N1. The Morgan fingerprint density at radius 3 is 2.52 bits per heavy atom. The van der Waals surface area contributed by atoms with Crippen LogP contribution in [0.25, 0.3) is 0 Å². The monoisotopic (exact) mass is 392 g/mol. The van der Waals surface area contributed by atoms with Crippen LogP contribution in [0.5, 0.6) is 0 Å². The summed E-state index contributed by atoms with van der Waals surface area (Å²) >= 11 is 0. The van der Waals surface area contributed by atoms with Crippen molar-refractivity contribution in [3.8, 4) is 0 Å². The summed E-state index contributed by atoms with van der Waals surface area (Å²) in [5.74, 6) is -1.90. The molecule has 3 aliphatic heterocycles. The molecule has 4 amide bonds. The molecule has 0 aliphatic carbocycles. The molecule has 8 nitrogen and oxygen atoms in total. The summed E-state index contributed by atoms with van der Waals surface area (Å²) in [6, 6.07) is 4.33. The molecule has 1 aromatic rings. The molecule has 4 rings (SSSR count). The highest BCUT2D eigenvalue weighted by molar-refractivity contribution is 6.23. The summed E-state index contributed by atoms with van der Waals surface area (Å²) in [5.41, 5.74) is 1.55. The lowest BCUT2D eigenvalue weighted by Gasteiger charge is -2.27. The lowest BCUT2D eigenvalue weighted by molar-refractivity contribution is -0.136. The molecule has 2 N–H and O–H groups in total. The topological polar surface area (TPSA) is 98.8 Å². The number of hydrogen-bond donors (Lipinski definition) is 2. The Morgan fingerprint density at radius 1 is 0.963 bits per heavy atom. The van der Waals surface area contributed by atoms with Crippen molar-refractivity contribution >= 4 is 41.7 Å². The fraction of sp³-hybridized carbons (Fsp3) is 0.444. The summed E-state index contributed by atoms with van der Waals surface area (Å²) in [6.07, 6.45) is 1.29. The quantitative estimate of drug-likeness (QED) is 0.703. The maximum atomic E-state index is 12.8. The molecular weight excluding hydrogens is 372 g/mol. The maximum absolute atomic E-state index is 12.8. The average Bonchev–Trinajstić information content (AvgIpc) is 2.82. The van der Waals surface area contributed by atoms with E-state index in [-0.39, 0.29) is 31.2 Å². The first-order valence-corrected chi connectivity index (χ1v) is 8.87. The number of carbonyl (C=O) groups is 4. The van der Waals surface area contributed by atoms with E-state index >= 15 is 0 Å². The van der Waals surface area contributed by atoms with Crippen LogP contribution in [0.15, 0.2) is 18.2 Å². The van der Waals surface area contributed by atoms with Crippen molar-refractivity contribution < 1.29 is 19.2 Å². The summed E-state index contributed by atoms with van der Waals surface area (Å²) in [5, 5.41) is 5.54. The van der Waals surface area contributed by atoms with Crippen LogP contribution in [0.1, 0.15) is 40.0 Å². The van der Waals surface area contributed by atoms with Crippen LogP contribution in [0.2, 0.25) is 0 Å². The molecule has 27 heavy (non-hydrogen) atoms. The molecule has 3 heterocycles.